The van der Waals surface area contributed by atoms with Crippen molar-refractivity contribution >= 4 is 31.6 Å². The van der Waals surface area contributed by atoms with E-state index in [1.807, 2.05) is 19.9 Å². The average Bonchev–Trinajstić information content (AvgIpc) is 2.29. The lowest BCUT2D eigenvalue weighted by atomic mass is 10.2. The van der Waals surface area contributed by atoms with Crippen LogP contribution in [0.5, 0.6) is 0 Å². The van der Waals surface area contributed by atoms with Gasteiger partial charge in [-0.2, -0.15) is 5.26 Å². The summed E-state index contributed by atoms with van der Waals surface area (Å²) in [6.45, 7) is 3.94. The fourth-order valence-corrected chi connectivity index (χ4v) is 3.07. The van der Waals surface area contributed by atoms with Gasteiger partial charge in [-0.25, -0.2) is 8.42 Å². The van der Waals surface area contributed by atoms with Crippen molar-refractivity contribution in [2.75, 3.05) is 10.5 Å². The zero-order valence-electron chi connectivity index (χ0n) is 10.3. The monoisotopic (exact) mass is 330 g/mol. The topological polar surface area (TPSA) is 70.0 Å². The van der Waals surface area contributed by atoms with E-state index >= 15 is 0 Å². The van der Waals surface area contributed by atoms with Gasteiger partial charge in [0.25, 0.3) is 0 Å². The van der Waals surface area contributed by atoms with E-state index in [0.717, 1.165) is 4.47 Å². The molecule has 1 aromatic carbocycles. The number of benzene rings is 1. The molecule has 0 radical (unpaired) electrons. The molecule has 1 N–H and O–H groups in total. The van der Waals surface area contributed by atoms with Crippen LogP contribution in [0, 0.1) is 17.2 Å². The van der Waals surface area contributed by atoms with E-state index in [1.54, 1.807) is 18.2 Å². The van der Waals surface area contributed by atoms with E-state index in [1.165, 1.54) is 0 Å². The Bertz CT molecular complexity index is 562. The number of rotatable bonds is 5. The first-order valence-electron chi connectivity index (χ1n) is 5.54. The molecule has 0 atom stereocenters. The van der Waals surface area contributed by atoms with Crippen LogP contribution < -0.4 is 4.72 Å². The van der Waals surface area contributed by atoms with Gasteiger partial charge in [0.15, 0.2) is 0 Å². The third kappa shape index (κ3) is 4.67. The summed E-state index contributed by atoms with van der Waals surface area (Å²) in [5.41, 5.74) is 0.627. The van der Waals surface area contributed by atoms with Crippen molar-refractivity contribution < 1.29 is 8.42 Å². The highest BCUT2D eigenvalue weighted by atomic mass is 79.9. The van der Waals surface area contributed by atoms with Crippen molar-refractivity contribution in [1.29, 1.82) is 5.26 Å². The second-order valence-corrected chi connectivity index (χ2v) is 7.16. The largest absolute Gasteiger partial charge is 0.282 e. The highest BCUT2D eigenvalue weighted by molar-refractivity contribution is 9.10. The number of halogens is 1. The van der Waals surface area contributed by atoms with E-state index in [-0.39, 0.29) is 5.75 Å². The zero-order valence-corrected chi connectivity index (χ0v) is 12.7. The van der Waals surface area contributed by atoms with E-state index in [9.17, 15) is 8.42 Å². The molecule has 0 aliphatic carbocycles. The molecule has 0 bridgehead atoms. The first-order valence-corrected chi connectivity index (χ1v) is 7.98. The highest BCUT2D eigenvalue weighted by Crippen LogP contribution is 2.21. The van der Waals surface area contributed by atoms with Gasteiger partial charge < -0.3 is 0 Å². The van der Waals surface area contributed by atoms with Crippen LogP contribution in [0.4, 0.5) is 5.69 Å². The molecule has 0 spiro atoms. The lowest BCUT2D eigenvalue weighted by Crippen LogP contribution is -2.18. The van der Waals surface area contributed by atoms with E-state index in [0.29, 0.717) is 23.6 Å². The molecular weight excluding hydrogens is 316 g/mol. The van der Waals surface area contributed by atoms with Crippen LogP contribution in [-0.4, -0.2) is 14.2 Å². The van der Waals surface area contributed by atoms with Crippen molar-refractivity contribution in [2.45, 2.75) is 20.3 Å². The molecule has 1 rings (SSSR count). The van der Waals surface area contributed by atoms with Crippen molar-refractivity contribution in [3.05, 3.63) is 28.2 Å². The standard InChI is InChI=1S/C12H15BrN2O2S/c1-9(2)5-6-18(16,17)15-12-4-3-11(13)7-10(12)8-14/h3-4,7,9,15H,5-6H2,1-2H3. The second kappa shape index (κ2) is 6.21. The number of hydrogen-bond acceptors (Lipinski definition) is 3. The minimum atomic E-state index is -3.39. The average molecular weight is 331 g/mol. The summed E-state index contributed by atoms with van der Waals surface area (Å²) in [7, 11) is -3.39. The molecule has 0 aliphatic heterocycles. The van der Waals surface area contributed by atoms with Crippen molar-refractivity contribution in [3.63, 3.8) is 0 Å². The van der Waals surface area contributed by atoms with Crippen LogP contribution in [0.15, 0.2) is 22.7 Å². The molecule has 0 saturated carbocycles. The number of anilines is 1. The highest BCUT2D eigenvalue weighted by Gasteiger charge is 2.13. The molecule has 0 aliphatic rings. The summed E-state index contributed by atoms with van der Waals surface area (Å²) < 4.78 is 26.8. The van der Waals surface area contributed by atoms with Gasteiger partial charge in [0.2, 0.25) is 10.0 Å². The molecule has 98 valence electrons. The SMILES string of the molecule is CC(C)CCS(=O)(=O)Nc1ccc(Br)cc1C#N. The Morgan fingerprint density at radius 2 is 2.11 bits per heavy atom. The molecule has 18 heavy (non-hydrogen) atoms. The normalized spacial score (nSPS) is 11.3. The Morgan fingerprint density at radius 1 is 1.44 bits per heavy atom. The predicted octanol–water partition coefficient (Wildman–Crippen LogP) is 3.11. The fourth-order valence-electron chi connectivity index (χ4n) is 1.31. The Morgan fingerprint density at radius 3 is 2.67 bits per heavy atom. The Balaban J connectivity index is 2.88. The molecular formula is C12H15BrN2O2S. The molecule has 6 heteroatoms. The van der Waals surface area contributed by atoms with Crippen LogP contribution in [0.2, 0.25) is 0 Å². The summed E-state index contributed by atoms with van der Waals surface area (Å²) in [4.78, 5) is 0. The summed E-state index contributed by atoms with van der Waals surface area (Å²) >= 11 is 3.24. The van der Waals surface area contributed by atoms with Crippen LogP contribution in [0.25, 0.3) is 0 Å². The van der Waals surface area contributed by atoms with Crippen molar-refractivity contribution in [3.8, 4) is 6.07 Å². The van der Waals surface area contributed by atoms with Crippen LogP contribution >= 0.6 is 15.9 Å². The molecule has 0 fully saturated rings. The third-order valence-corrected chi connectivity index (χ3v) is 4.13. The molecule has 0 unspecified atom stereocenters. The summed E-state index contributed by atoms with van der Waals surface area (Å²) in [5, 5.41) is 8.95. The van der Waals surface area contributed by atoms with Crippen molar-refractivity contribution in [2.24, 2.45) is 5.92 Å². The van der Waals surface area contributed by atoms with Gasteiger partial charge in [-0.05, 0) is 30.5 Å². The smallest absolute Gasteiger partial charge is 0.232 e. The maximum Gasteiger partial charge on any atom is 0.232 e. The quantitative estimate of drug-likeness (QED) is 0.901. The number of nitriles is 1. The van der Waals surface area contributed by atoms with Crippen LogP contribution in [0.3, 0.4) is 0 Å². The minimum absolute atomic E-state index is 0.0611. The number of sulfonamides is 1. The van der Waals surface area contributed by atoms with Gasteiger partial charge >= 0.3 is 0 Å². The summed E-state index contributed by atoms with van der Waals surface area (Å²) in [6.07, 6.45) is 0.591. The number of hydrogen-bond donors (Lipinski definition) is 1. The number of nitrogens with one attached hydrogen (secondary N) is 1. The Kier molecular flexibility index (Phi) is 5.17. The van der Waals surface area contributed by atoms with E-state index in [4.69, 9.17) is 5.26 Å². The van der Waals surface area contributed by atoms with E-state index < -0.39 is 10.0 Å². The van der Waals surface area contributed by atoms with Gasteiger partial charge in [-0.1, -0.05) is 29.8 Å². The number of nitrogens with zero attached hydrogens (tertiary/aromatic N) is 1. The van der Waals surface area contributed by atoms with Gasteiger partial charge in [0, 0.05) is 4.47 Å². The lowest BCUT2D eigenvalue weighted by molar-refractivity contribution is 0.578. The van der Waals surface area contributed by atoms with Gasteiger partial charge in [0.05, 0.1) is 17.0 Å². The zero-order chi connectivity index (χ0) is 13.8. The first-order chi connectivity index (χ1) is 8.34. The van der Waals surface area contributed by atoms with E-state index in [2.05, 4.69) is 20.7 Å². The summed E-state index contributed by atoms with van der Waals surface area (Å²) in [6, 6.07) is 6.83. The summed E-state index contributed by atoms with van der Waals surface area (Å²) in [5.74, 6) is 0.382. The van der Waals surface area contributed by atoms with Gasteiger partial charge in [0.1, 0.15) is 6.07 Å². The van der Waals surface area contributed by atoms with Crippen molar-refractivity contribution in [1.82, 2.24) is 0 Å². The second-order valence-electron chi connectivity index (χ2n) is 4.41. The third-order valence-electron chi connectivity index (χ3n) is 2.33. The Hall–Kier alpha value is -1.06. The predicted molar refractivity (Wildman–Crippen MR) is 75.7 cm³/mol. The first kappa shape index (κ1) is 15.0. The Labute approximate surface area is 116 Å². The van der Waals surface area contributed by atoms with Gasteiger partial charge in [-0.15, -0.1) is 0 Å². The minimum Gasteiger partial charge on any atom is -0.282 e. The maximum absolute atomic E-state index is 11.8. The molecule has 0 saturated heterocycles. The maximum atomic E-state index is 11.8. The molecule has 0 aromatic heterocycles. The fraction of sp³-hybridized carbons (Fsp3) is 0.417. The lowest BCUT2D eigenvalue weighted by Gasteiger charge is -2.10. The van der Waals surface area contributed by atoms with Crippen LogP contribution in [0.1, 0.15) is 25.8 Å². The molecule has 1 aromatic rings. The molecule has 0 heterocycles. The van der Waals surface area contributed by atoms with Gasteiger partial charge in [-0.3, -0.25) is 4.72 Å². The molecule has 0 amide bonds. The van der Waals surface area contributed by atoms with Crippen LogP contribution in [-0.2, 0) is 10.0 Å². The molecule has 4 nitrogen and oxygen atoms in total.